The lowest BCUT2D eigenvalue weighted by atomic mass is 10.1. The van der Waals surface area contributed by atoms with Crippen molar-refractivity contribution < 1.29 is 4.74 Å². The average molecular weight is 205 g/mol. The zero-order valence-electron chi connectivity index (χ0n) is 8.81. The monoisotopic (exact) mass is 204 g/mol. The van der Waals surface area contributed by atoms with Crippen LogP contribution in [0.2, 0.25) is 0 Å². The molecule has 0 aromatic rings. The maximum absolute atomic E-state index is 5.63. The van der Waals surface area contributed by atoms with Gasteiger partial charge in [-0.05, 0) is 32.1 Å². The van der Waals surface area contributed by atoms with Gasteiger partial charge >= 0.3 is 0 Å². The van der Waals surface area contributed by atoms with Crippen molar-refractivity contribution in [3.63, 3.8) is 0 Å². The topological polar surface area (TPSA) is 9.23 Å². The molecule has 78 valence electrons. The number of rotatable bonds is 8. The number of hydrogen-bond acceptors (Lipinski definition) is 1. The molecular weight excluding hydrogens is 184 g/mol. The molecule has 0 N–H and O–H groups in total. The minimum Gasteiger partial charge on any atom is -0.381 e. The van der Waals surface area contributed by atoms with E-state index in [1.54, 1.807) is 0 Å². The minimum atomic E-state index is 0.683. The van der Waals surface area contributed by atoms with Crippen LogP contribution in [0.5, 0.6) is 0 Å². The Kier molecular flexibility index (Phi) is 8.58. The second-order valence-electron chi connectivity index (χ2n) is 3.69. The second kappa shape index (κ2) is 8.58. The lowest BCUT2D eigenvalue weighted by Gasteiger charge is -2.09. The molecule has 0 saturated heterocycles. The van der Waals surface area contributed by atoms with Gasteiger partial charge in [0.1, 0.15) is 0 Å². The standard InChI is InChI=1S/C11H21ClO/c1-10(2)5-8-13-9-6-11(3)4-7-12/h11H,1,4-9H2,2-3H3. The van der Waals surface area contributed by atoms with Crippen LogP contribution in [0.25, 0.3) is 0 Å². The molecule has 13 heavy (non-hydrogen) atoms. The van der Waals surface area contributed by atoms with Gasteiger partial charge in [-0.25, -0.2) is 0 Å². The summed E-state index contributed by atoms with van der Waals surface area (Å²) < 4.78 is 5.46. The smallest absolute Gasteiger partial charge is 0.0502 e. The Bertz CT molecular complexity index is 134. The van der Waals surface area contributed by atoms with E-state index in [2.05, 4.69) is 13.5 Å². The molecule has 0 radical (unpaired) electrons. The van der Waals surface area contributed by atoms with Crippen LogP contribution in [0.1, 0.15) is 33.1 Å². The van der Waals surface area contributed by atoms with E-state index in [4.69, 9.17) is 16.3 Å². The molecule has 1 atom stereocenters. The van der Waals surface area contributed by atoms with Gasteiger partial charge in [-0.3, -0.25) is 0 Å². The third-order valence-electron chi connectivity index (χ3n) is 2.03. The Morgan fingerprint density at radius 1 is 1.38 bits per heavy atom. The predicted molar refractivity (Wildman–Crippen MR) is 59.4 cm³/mol. The molecule has 2 heteroatoms. The highest BCUT2D eigenvalue weighted by Gasteiger charge is 2.00. The molecule has 0 heterocycles. The highest BCUT2D eigenvalue weighted by Crippen LogP contribution is 2.08. The highest BCUT2D eigenvalue weighted by atomic mass is 35.5. The Balaban J connectivity index is 3.11. The van der Waals surface area contributed by atoms with Crippen LogP contribution in [-0.4, -0.2) is 19.1 Å². The molecule has 0 spiro atoms. The van der Waals surface area contributed by atoms with Gasteiger partial charge in [0.2, 0.25) is 0 Å². The Morgan fingerprint density at radius 2 is 2.08 bits per heavy atom. The summed E-state index contributed by atoms with van der Waals surface area (Å²) >= 11 is 5.63. The Hall–Kier alpha value is -0.0100. The van der Waals surface area contributed by atoms with Crippen LogP contribution >= 0.6 is 11.6 Å². The quantitative estimate of drug-likeness (QED) is 0.333. The van der Waals surface area contributed by atoms with Gasteiger partial charge in [-0.15, -0.1) is 18.2 Å². The molecule has 0 rings (SSSR count). The molecule has 0 aliphatic rings. The lowest BCUT2D eigenvalue weighted by Crippen LogP contribution is -2.03. The van der Waals surface area contributed by atoms with Gasteiger partial charge in [0.25, 0.3) is 0 Å². The van der Waals surface area contributed by atoms with Gasteiger partial charge in [0.15, 0.2) is 0 Å². The first kappa shape index (κ1) is 13.0. The van der Waals surface area contributed by atoms with Crippen molar-refractivity contribution in [1.29, 1.82) is 0 Å². The van der Waals surface area contributed by atoms with Gasteiger partial charge in [-0.2, -0.15) is 0 Å². The highest BCUT2D eigenvalue weighted by molar-refractivity contribution is 6.17. The van der Waals surface area contributed by atoms with Gasteiger partial charge in [-0.1, -0.05) is 12.5 Å². The summed E-state index contributed by atoms with van der Waals surface area (Å²) in [7, 11) is 0. The zero-order chi connectivity index (χ0) is 10.1. The van der Waals surface area contributed by atoms with Crippen LogP contribution in [0.3, 0.4) is 0 Å². The van der Waals surface area contributed by atoms with Gasteiger partial charge in [0.05, 0.1) is 6.61 Å². The van der Waals surface area contributed by atoms with E-state index in [9.17, 15) is 0 Å². The van der Waals surface area contributed by atoms with Crippen LogP contribution in [0.4, 0.5) is 0 Å². The third kappa shape index (κ3) is 9.91. The second-order valence-corrected chi connectivity index (χ2v) is 4.07. The van der Waals surface area contributed by atoms with Crippen molar-refractivity contribution in [2.45, 2.75) is 33.1 Å². The van der Waals surface area contributed by atoms with E-state index in [0.29, 0.717) is 5.92 Å². The molecule has 0 aromatic carbocycles. The number of ether oxygens (including phenoxy) is 1. The molecular formula is C11H21ClO. The SMILES string of the molecule is C=C(C)CCOCCC(C)CCCl. The average Bonchev–Trinajstić information content (AvgIpc) is 2.03. The normalized spacial score (nSPS) is 12.8. The largest absolute Gasteiger partial charge is 0.381 e. The minimum absolute atomic E-state index is 0.683. The molecule has 1 unspecified atom stereocenters. The van der Waals surface area contributed by atoms with Crippen molar-refractivity contribution in [3.05, 3.63) is 12.2 Å². The van der Waals surface area contributed by atoms with E-state index in [0.717, 1.165) is 38.4 Å². The summed E-state index contributed by atoms with van der Waals surface area (Å²) in [5.74, 6) is 1.44. The van der Waals surface area contributed by atoms with Crippen molar-refractivity contribution in [1.82, 2.24) is 0 Å². The van der Waals surface area contributed by atoms with E-state index in [1.165, 1.54) is 5.57 Å². The van der Waals surface area contributed by atoms with Crippen LogP contribution in [-0.2, 0) is 4.74 Å². The van der Waals surface area contributed by atoms with Gasteiger partial charge in [0, 0.05) is 12.5 Å². The number of alkyl halides is 1. The number of halogens is 1. The molecule has 0 aliphatic carbocycles. The van der Waals surface area contributed by atoms with Crippen molar-refractivity contribution in [3.8, 4) is 0 Å². The van der Waals surface area contributed by atoms with E-state index in [1.807, 2.05) is 6.92 Å². The van der Waals surface area contributed by atoms with E-state index < -0.39 is 0 Å². The van der Waals surface area contributed by atoms with Crippen LogP contribution < -0.4 is 0 Å². The molecule has 0 bridgehead atoms. The summed E-state index contributed by atoms with van der Waals surface area (Å²) in [5, 5.41) is 0. The van der Waals surface area contributed by atoms with Crippen molar-refractivity contribution in [2.24, 2.45) is 5.92 Å². The van der Waals surface area contributed by atoms with Gasteiger partial charge < -0.3 is 4.74 Å². The summed E-state index contributed by atoms with van der Waals surface area (Å²) in [6, 6.07) is 0. The molecule has 0 amide bonds. The zero-order valence-corrected chi connectivity index (χ0v) is 9.57. The van der Waals surface area contributed by atoms with Crippen LogP contribution in [0, 0.1) is 5.92 Å². The maximum Gasteiger partial charge on any atom is 0.0502 e. The Morgan fingerprint density at radius 3 is 2.62 bits per heavy atom. The molecule has 0 aromatic heterocycles. The maximum atomic E-state index is 5.63. The number of hydrogen-bond donors (Lipinski definition) is 0. The first-order valence-corrected chi connectivity index (χ1v) is 5.48. The fourth-order valence-electron chi connectivity index (χ4n) is 0.964. The summed E-state index contributed by atoms with van der Waals surface area (Å²) in [6.07, 6.45) is 3.18. The predicted octanol–water partition coefficient (Wildman–Crippen LogP) is 3.62. The van der Waals surface area contributed by atoms with Crippen LogP contribution in [0.15, 0.2) is 12.2 Å². The van der Waals surface area contributed by atoms with Crippen molar-refractivity contribution >= 4 is 11.6 Å². The van der Waals surface area contributed by atoms with Crippen molar-refractivity contribution in [2.75, 3.05) is 19.1 Å². The molecule has 0 fully saturated rings. The summed E-state index contributed by atoms with van der Waals surface area (Å²) in [5.41, 5.74) is 1.19. The summed E-state index contributed by atoms with van der Waals surface area (Å²) in [6.45, 7) is 9.72. The molecule has 0 aliphatic heterocycles. The summed E-state index contributed by atoms with van der Waals surface area (Å²) in [4.78, 5) is 0. The molecule has 0 saturated carbocycles. The fraction of sp³-hybridized carbons (Fsp3) is 0.818. The van der Waals surface area contributed by atoms with E-state index >= 15 is 0 Å². The fourth-order valence-corrected chi connectivity index (χ4v) is 1.34. The van der Waals surface area contributed by atoms with E-state index in [-0.39, 0.29) is 0 Å². The Labute approximate surface area is 87.1 Å². The molecule has 1 nitrogen and oxygen atoms in total. The first-order chi connectivity index (χ1) is 6.16. The first-order valence-electron chi connectivity index (χ1n) is 4.95. The third-order valence-corrected chi connectivity index (χ3v) is 2.25. The lowest BCUT2D eigenvalue weighted by molar-refractivity contribution is 0.124.